The summed E-state index contributed by atoms with van der Waals surface area (Å²) in [6.45, 7) is 2.60. The van der Waals surface area contributed by atoms with Crippen molar-refractivity contribution in [1.82, 2.24) is 5.32 Å². The molecular formula is C20H19F3N2O4. The third-order valence-corrected chi connectivity index (χ3v) is 3.98. The number of hydrogen-bond donors (Lipinski definition) is 1. The maximum absolute atomic E-state index is 12.7. The lowest BCUT2D eigenvalue weighted by molar-refractivity contribution is -0.137. The first kappa shape index (κ1) is 20.5. The smallest absolute Gasteiger partial charge is 0.416 e. The van der Waals surface area contributed by atoms with Crippen LogP contribution in [-0.4, -0.2) is 25.3 Å². The zero-order chi connectivity index (χ0) is 20.9. The van der Waals surface area contributed by atoms with Crippen LogP contribution in [0.1, 0.15) is 34.8 Å². The van der Waals surface area contributed by atoms with Crippen LogP contribution in [0.2, 0.25) is 0 Å². The summed E-state index contributed by atoms with van der Waals surface area (Å²) >= 11 is 0. The second-order valence-corrected chi connectivity index (χ2v) is 6.19. The molecule has 1 N–H and O–H groups in total. The highest BCUT2D eigenvalue weighted by Gasteiger charge is 2.30. The number of carbonyl (C=O) groups excluding carboxylic acids is 1. The molecule has 3 rings (SSSR count). The first-order valence-corrected chi connectivity index (χ1v) is 8.91. The zero-order valence-electron chi connectivity index (χ0n) is 15.6. The fraction of sp³-hybridized carbons (Fsp3) is 0.300. The number of aliphatic imine (C=N–C) groups is 1. The largest absolute Gasteiger partial charge is 0.465 e. The van der Waals surface area contributed by atoms with Crippen LogP contribution >= 0.6 is 0 Å². The van der Waals surface area contributed by atoms with Crippen molar-refractivity contribution >= 4 is 11.9 Å². The number of alkyl halides is 3. The molecule has 0 aliphatic carbocycles. The van der Waals surface area contributed by atoms with E-state index in [9.17, 15) is 18.0 Å². The van der Waals surface area contributed by atoms with Gasteiger partial charge in [-0.25, -0.2) is 4.99 Å². The molecule has 0 aromatic heterocycles. The first-order valence-electron chi connectivity index (χ1n) is 8.91. The van der Waals surface area contributed by atoms with Gasteiger partial charge in [0.2, 0.25) is 6.79 Å². The van der Waals surface area contributed by atoms with E-state index in [1.807, 2.05) is 13.0 Å². The maximum Gasteiger partial charge on any atom is 0.416 e. The van der Waals surface area contributed by atoms with Crippen molar-refractivity contribution in [3.8, 4) is 11.5 Å². The quantitative estimate of drug-likeness (QED) is 0.596. The molecule has 0 saturated carbocycles. The Morgan fingerprint density at radius 3 is 2.55 bits per heavy atom. The molecule has 0 fully saturated rings. The predicted molar refractivity (Wildman–Crippen MR) is 98.9 cm³/mol. The van der Waals surface area contributed by atoms with Gasteiger partial charge in [0.25, 0.3) is 11.9 Å². The standard InChI is InChI=1S/C20H19F3N2O4/c1-2-9-27-19(24-11-13-3-8-16-17(10-13)29-12-28-16)25-18(26)14-4-6-15(7-5-14)20(21,22)23/h3-8,10H,2,9,11-12H2,1H3,(H,24,25,26). The third kappa shape index (κ3) is 5.40. The number of fused-ring (bicyclic) bond motifs is 1. The molecule has 0 unspecified atom stereocenters. The molecule has 29 heavy (non-hydrogen) atoms. The fourth-order valence-corrected chi connectivity index (χ4v) is 2.50. The van der Waals surface area contributed by atoms with Gasteiger partial charge in [0, 0.05) is 5.56 Å². The zero-order valence-corrected chi connectivity index (χ0v) is 15.6. The van der Waals surface area contributed by atoms with Crippen molar-refractivity contribution in [3.05, 3.63) is 59.2 Å². The molecule has 0 saturated heterocycles. The van der Waals surface area contributed by atoms with Gasteiger partial charge < -0.3 is 14.2 Å². The summed E-state index contributed by atoms with van der Waals surface area (Å²) in [5, 5.41) is 2.50. The van der Waals surface area contributed by atoms with Gasteiger partial charge in [-0.3, -0.25) is 10.1 Å². The minimum atomic E-state index is -4.46. The number of nitrogens with zero attached hydrogens (tertiary/aromatic N) is 1. The van der Waals surface area contributed by atoms with Crippen LogP contribution in [0.3, 0.4) is 0 Å². The molecule has 0 bridgehead atoms. The highest BCUT2D eigenvalue weighted by atomic mass is 19.4. The molecule has 0 radical (unpaired) electrons. The van der Waals surface area contributed by atoms with Crippen LogP contribution in [0.25, 0.3) is 0 Å². The third-order valence-electron chi connectivity index (χ3n) is 3.98. The summed E-state index contributed by atoms with van der Waals surface area (Å²) in [6, 6.07) is 9.26. The van der Waals surface area contributed by atoms with Crippen LogP contribution < -0.4 is 14.8 Å². The molecule has 9 heteroatoms. The van der Waals surface area contributed by atoms with Crippen molar-refractivity contribution in [2.24, 2.45) is 4.99 Å². The summed E-state index contributed by atoms with van der Waals surface area (Å²) in [4.78, 5) is 16.6. The van der Waals surface area contributed by atoms with Gasteiger partial charge in [-0.2, -0.15) is 13.2 Å². The molecule has 154 valence electrons. The summed E-state index contributed by atoms with van der Waals surface area (Å²) in [7, 11) is 0. The number of ether oxygens (including phenoxy) is 3. The van der Waals surface area contributed by atoms with E-state index in [0.29, 0.717) is 24.5 Å². The van der Waals surface area contributed by atoms with E-state index < -0.39 is 17.6 Å². The molecule has 0 atom stereocenters. The molecule has 6 nitrogen and oxygen atoms in total. The number of nitrogens with one attached hydrogen (secondary N) is 1. The first-order chi connectivity index (χ1) is 13.9. The Morgan fingerprint density at radius 1 is 1.14 bits per heavy atom. The Bertz CT molecular complexity index is 896. The number of hydrogen-bond acceptors (Lipinski definition) is 5. The van der Waals surface area contributed by atoms with Crippen molar-refractivity contribution < 1.29 is 32.2 Å². The monoisotopic (exact) mass is 408 g/mol. The van der Waals surface area contributed by atoms with Crippen molar-refractivity contribution in [2.45, 2.75) is 26.1 Å². The Morgan fingerprint density at radius 2 is 1.86 bits per heavy atom. The van der Waals surface area contributed by atoms with E-state index in [4.69, 9.17) is 14.2 Å². The summed E-state index contributed by atoms with van der Waals surface area (Å²) < 4.78 is 54.0. The van der Waals surface area contributed by atoms with E-state index in [1.165, 1.54) is 0 Å². The second kappa shape index (κ2) is 8.85. The maximum atomic E-state index is 12.7. The van der Waals surface area contributed by atoms with Gasteiger partial charge in [0.1, 0.15) is 0 Å². The molecule has 1 heterocycles. The summed E-state index contributed by atoms with van der Waals surface area (Å²) in [6.07, 6.45) is -3.77. The minimum Gasteiger partial charge on any atom is -0.465 e. The average Bonchev–Trinajstić information content (AvgIpc) is 3.17. The van der Waals surface area contributed by atoms with Crippen LogP contribution in [0.15, 0.2) is 47.5 Å². The van der Waals surface area contributed by atoms with Crippen LogP contribution in [0, 0.1) is 0 Å². The van der Waals surface area contributed by atoms with E-state index in [0.717, 1.165) is 29.8 Å². The van der Waals surface area contributed by atoms with Gasteiger partial charge in [0.05, 0.1) is 18.7 Å². The fourth-order valence-electron chi connectivity index (χ4n) is 2.50. The number of amides is 1. The van der Waals surface area contributed by atoms with Gasteiger partial charge in [-0.1, -0.05) is 13.0 Å². The highest BCUT2D eigenvalue weighted by molar-refractivity contribution is 6.04. The van der Waals surface area contributed by atoms with Crippen molar-refractivity contribution in [1.29, 1.82) is 0 Å². The molecule has 0 spiro atoms. The molecule has 2 aromatic carbocycles. The van der Waals surface area contributed by atoms with E-state index in [1.54, 1.807) is 12.1 Å². The van der Waals surface area contributed by atoms with Crippen LogP contribution in [-0.2, 0) is 17.5 Å². The summed E-state index contributed by atoms with van der Waals surface area (Å²) in [5.74, 6) is 0.651. The van der Waals surface area contributed by atoms with Crippen molar-refractivity contribution in [2.75, 3.05) is 13.4 Å². The molecule has 2 aromatic rings. The second-order valence-electron chi connectivity index (χ2n) is 6.19. The number of benzene rings is 2. The molecular weight excluding hydrogens is 389 g/mol. The van der Waals surface area contributed by atoms with Crippen LogP contribution in [0.4, 0.5) is 13.2 Å². The lowest BCUT2D eigenvalue weighted by Gasteiger charge is -2.11. The highest BCUT2D eigenvalue weighted by Crippen LogP contribution is 2.32. The SMILES string of the molecule is CCCOC(=NCc1ccc2c(c1)OCO2)NC(=O)c1ccc(C(F)(F)F)cc1. The lowest BCUT2D eigenvalue weighted by Crippen LogP contribution is -2.33. The average molecular weight is 408 g/mol. The minimum absolute atomic E-state index is 0.00517. The van der Waals surface area contributed by atoms with Crippen molar-refractivity contribution in [3.63, 3.8) is 0 Å². The molecule has 1 aliphatic heterocycles. The number of carbonyl (C=O) groups is 1. The Balaban J connectivity index is 1.69. The Kier molecular flexibility index (Phi) is 6.26. The predicted octanol–water partition coefficient (Wildman–Crippen LogP) is 4.15. The van der Waals surface area contributed by atoms with Gasteiger partial charge in [-0.05, 0) is 48.4 Å². The van der Waals surface area contributed by atoms with E-state index in [2.05, 4.69) is 10.3 Å². The van der Waals surface area contributed by atoms with E-state index in [-0.39, 0.29) is 24.9 Å². The molecule has 1 aliphatic rings. The molecule has 1 amide bonds. The van der Waals surface area contributed by atoms with E-state index >= 15 is 0 Å². The summed E-state index contributed by atoms with van der Waals surface area (Å²) in [5.41, 5.74) is 0.0532. The lowest BCUT2D eigenvalue weighted by atomic mass is 10.1. The van der Waals surface area contributed by atoms with Gasteiger partial charge in [-0.15, -0.1) is 0 Å². The van der Waals surface area contributed by atoms with Crippen LogP contribution in [0.5, 0.6) is 11.5 Å². The number of amidine groups is 1. The van der Waals surface area contributed by atoms with Gasteiger partial charge >= 0.3 is 6.18 Å². The Labute approximate surface area is 165 Å². The Hall–Kier alpha value is -3.23. The van der Waals surface area contributed by atoms with Gasteiger partial charge in [0.15, 0.2) is 11.5 Å². The normalized spacial score (nSPS) is 13.3. The topological polar surface area (TPSA) is 69.2 Å². The number of rotatable bonds is 5. The number of halogens is 3.